The summed E-state index contributed by atoms with van der Waals surface area (Å²) < 4.78 is 29.9. The van der Waals surface area contributed by atoms with Crippen LogP contribution in [0.2, 0.25) is 0 Å². The van der Waals surface area contributed by atoms with Gasteiger partial charge < -0.3 is 23.7 Å². The normalized spacial score (nSPS) is 41.0. The van der Waals surface area contributed by atoms with Crippen molar-refractivity contribution in [2.45, 2.75) is 48.2 Å². The highest BCUT2D eigenvalue weighted by molar-refractivity contribution is 5.89. The van der Waals surface area contributed by atoms with E-state index in [1.807, 2.05) is 6.07 Å². The third-order valence-corrected chi connectivity index (χ3v) is 7.75. The van der Waals surface area contributed by atoms with Crippen LogP contribution in [-0.4, -0.2) is 70.1 Å². The smallest absolute Gasteiger partial charge is 0.222 e. The van der Waals surface area contributed by atoms with E-state index in [0.29, 0.717) is 17.9 Å². The molecule has 1 saturated carbocycles. The number of carbonyl (C=O) groups excluding carboxylic acids is 1. The number of hydrogen-bond donors (Lipinski definition) is 0. The van der Waals surface area contributed by atoms with E-state index >= 15 is 0 Å². The summed E-state index contributed by atoms with van der Waals surface area (Å²) in [4.78, 5) is 15.7. The monoisotopic (exact) mass is 389 g/mol. The van der Waals surface area contributed by atoms with Crippen molar-refractivity contribution in [3.63, 3.8) is 0 Å². The molecule has 3 fully saturated rings. The quantitative estimate of drug-likeness (QED) is 0.778. The van der Waals surface area contributed by atoms with Crippen molar-refractivity contribution in [2.75, 3.05) is 42.0 Å². The maximum Gasteiger partial charge on any atom is 0.222 e. The van der Waals surface area contributed by atoms with Crippen LogP contribution in [0.1, 0.15) is 36.5 Å². The second kappa shape index (κ2) is 5.69. The predicted molar refractivity (Wildman–Crippen MR) is 99.8 cm³/mol. The Balaban J connectivity index is 1.89. The molecule has 5 atom stereocenters. The molecule has 0 unspecified atom stereocenters. The Bertz CT molecular complexity index is 858. The second-order valence-electron chi connectivity index (χ2n) is 8.32. The van der Waals surface area contributed by atoms with Crippen LogP contribution in [0.5, 0.6) is 11.5 Å². The van der Waals surface area contributed by atoms with E-state index in [4.69, 9.17) is 23.7 Å². The molecule has 2 aliphatic carbocycles. The van der Waals surface area contributed by atoms with Crippen molar-refractivity contribution in [1.29, 1.82) is 0 Å². The molecule has 28 heavy (non-hydrogen) atoms. The van der Waals surface area contributed by atoms with Crippen LogP contribution in [0.3, 0.4) is 0 Å². The highest BCUT2D eigenvalue weighted by Crippen LogP contribution is 2.72. The number of benzene rings is 1. The Labute approximate surface area is 164 Å². The van der Waals surface area contributed by atoms with Crippen LogP contribution in [0.25, 0.3) is 0 Å². The lowest BCUT2D eigenvalue weighted by Crippen LogP contribution is -2.76. The van der Waals surface area contributed by atoms with Crippen molar-refractivity contribution < 1.29 is 28.5 Å². The number of hydrogen-bond acceptors (Lipinski definition) is 7. The Morgan fingerprint density at radius 2 is 1.96 bits per heavy atom. The lowest BCUT2D eigenvalue weighted by atomic mass is 9.50. The molecule has 0 aromatic heterocycles. The summed E-state index contributed by atoms with van der Waals surface area (Å²) in [6.45, 7) is 0.838. The molecule has 2 heterocycles. The fourth-order valence-corrected chi connectivity index (χ4v) is 6.86. The van der Waals surface area contributed by atoms with E-state index in [0.717, 1.165) is 30.5 Å². The first-order chi connectivity index (χ1) is 13.5. The standard InChI is InChI=1S/C21H27NO6/c1-22-9-8-19-10-13(23)18(26-4)21(27-5)20(19,22)11-15(28-21)12-6-7-14(24-2)17(25-3)16(12)19/h6-7,15,18H,8-11H2,1-5H3/t15-,18+,19-,20+,21+/m1/s1. The van der Waals surface area contributed by atoms with Crippen LogP contribution in [0.15, 0.2) is 12.1 Å². The van der Waals surface area contributed by atoms with E-state index in [1.165, 1.54) is 0 Å². The Hall–Kier alpha value is -1.67. The highest BCUT2D eigenvalue weighted by Gasteiger charge is 2.82. The first-order valence-corrected chi connectivity index (χ1v) is 9.71. The predicted octanol–water partition coefficient (Wildman–Crippen LogP) is 1.82. The summed E-state index contributed by atoms with van der Waals surface area (Å²) in [6, 6.07) is 3.97. The molecule has 1 aromatic carbocycles. The molecule has 2 bridgehead atoms. The Morgan fingerprint density at radius 3 is 2.61 bits per heavy atom. The summed E-state index contributed by atoms with van der Waals surface area (Å²) >= 11 is 0. The van der Waals surface area contributed by atoms with Gasteiger partial charge in [-0.25, -0.2) is 0 Å². The van der Waals surface area contributed by atoms with E-state index < -0.39 is 22.8 Å². The van der Waals surface area contributed by atoms with Crippen LogP contribution < -0.4 is 9.47 Å². The number of likely N-dealkylation sites (N-methyl/N-ethyl adjacent to an activating group) is 1. The van der Waals surface area contributed by atoms with Gasteiger partial charge in [0.1, 0.15) is 0 Å². The minimum absolute atomic E-state index is 0.00801. The first kappa shape index (κ1) is 18.4. The zero-order valence-electron chi connectivity index (χ0n) is 17.0. The van der Waals surface area contributed by atoms with Gasteiger partial charge in [0, 0.05) is 38.0 Å². The van der Waals surface area contributed by atoms with Crippen LogP contribution >= 0.6 is 0 Å². The lowest BCUT2D eigenvalue weighted by molar-refractivity contribution is -0.309. The highest BCUT2D eigenvalue weighted by atomic mass is 16.7. The molecule has 7 heteroatoms. The Morgan fingerprint density at radius 1 is 1.18 bits per heavy atom. The van der Waals surface area contributed by atoms with E-state index in [9.17, 15) is 4.79 Å². The Kier molecular flexibility index (Phi) is 3.73. The maximum absolute atomic E-state index is 13.3. The van der Waals surface area contributed by atoms with E-state index in [-0.39, 0.29) is 11.9 Å². The van der Waals surface area contributed by atoms with Gasteiger partial charge in [0.15, 0.2) is 23.4 Å². The maximum atomic E-state index is 13.3. The third kappa shape index (κ3) is 1.66. The second-order valence-corrected chi connectivity index (χ2v) is 8.32. The van der Waals surface area contributed by atoms with Gasteiger partial charge in [-0.15, -0.1) is 0 Å². The van der Waals surface area contributed by atoms with Crippen molar-refractivity contribution >= 4 is 5.78 Å². The molecule has 0 radical (unpaired) electrons. The molecule has 4 aliphatic rings. The number of rotatable bonds is 4. The SMILES string of the molecule is COc1ccc2c(c1OC)[C@]13CCN(C)[C@@]14C[C@H]2O[C@@]4(OC)[C@@H](OC)C(=O)C3. The van der Waals surface area contributed by atoms with Crippen molar-refractivity contribution in [2.24, 2.45) is 0 Å². The van der Waals surface area contributed by atoms with Crippen molar-refractivity contribution in [1.82, 2.24) is 4.90 Å². The van der Waals surface area contributed by atoms with Crippen LogP contribution in [-0.2, 0) is 24.4 Å². The number of ether oxygens (including phenoxy) is 5. The van der Waals surface area contributed by atoms with E-state index in [1.54, 1.807) is 28.4 Å². The molecule has 0 N–H and O–H groups in total. The van der Waals surface area contributed by atoms with Gasteiger partial charge in [0.25, 0.3) is 0 Å². The molecule has 5 rings (SSSR count). The average Bonchev–Trinajstić information content (AvgIpc) is 3.20. The molecule has 2 saturated heterocycles. The fourth-order valence-electron chi connectivity index (χ4n) is 6.86. The molecular weight excluding hydrogens is 362 g/mol. The summed E-state index contributed by atoms with van der Waals surface area (Å²) in [5.74, 6) is 0.215. The first-order valence-electron chi connectivity index (χ1n) is 9.71. The molecule has 7 nitrogen and oxygen atoms in total. The lowest BCUT2D eigenvalue weighted by Gasteiger charge is -2.59. The summed E-state index contributed by atoms with van der Waals surface area (Å²) in [5.41, 5.74) is 1.11. The average molecular weight is 389 g/mol. The number of Topliss-reactive ketones (excluding diaryl/α,β-unsaturated/α-hetero) is 1. The van der Waals surface area contributed by atoms with E-state index in [2.05, 4.69) is 18.0 Å². The minimum atomic E-state index is -1.16. The van der Waals surface area contributed by atoms with Gasteiger partial charge in [-0.2, -0.15) is 0 Å². The molecule has 1 spiro atoms. The van der Waals surface area contributed by atoms with Crippen LogP contribution in [0.4, 0.5) is 0 Å². The van der Waals surface area contributed by atoms with Gasteiger partial charge >= 0.3 is 0 Å². The summed E-state index contributed by atoms with van der Waals surface area (Å²) in [5, 5.41) is 0. The summed E-state index contributed by atoms with van der Waals surface area (Å²) in [6.07, 6.45) is 0.981. The van der Waals surface area contributed by atoms with Gasteiger partial charge in [0.05, 0.1) is 25.9 Å². The molecule has 152 valence electrons. The largest absolute Gasteiger partial charge is 0.493 e. The number of fused-ring (bicyclic) bond motifs is 3. The minimum Gasteiger partial charge on any atom is -0.493 e. The van der Waals surface area contributed by atoms with Gasteiger partial charge in [-0.05, 0) is 31.6 Å². The van der Waals surface area contributed by atoms with Gasteiger partial charge in [0.2, 0.25) is 5.79 Å². The summed E-state index contributed by atoms with van der Waals surface area (Å²) in [7, 11) is 8.58. The number of nitrogens with zero attached hydrogens (tertiary/aromatic N) is 1. The zero-order valence-corrected chi connectivity index (χ0v) is 17.0. The third-order valence-electron chi connectivity index (χ3n) is 7.75. The topological polar surface area (TPSA) is 66.5 Å². The number of carbonyl (C=O) groups is 1. The fraction of sp³-hybridized carbons (Fsp3) is 0.667. The number of methoxy groups -OCH3 is 4. The van der Waals surface area contributed by atoms with Gasteiger partial charge in [-0.1, -0.05) is 6.07 Å². The van der Waals surface area contributed by atoms with Crippen LogP contribution in [0, 0.1) is 0 Å². The number of likely N-dealkylation sites (tertiary alicyclic amines) is 1. The molecule has 2 aliphatic heterocycles. The molecule has 0 amide bonds. The molecule has 1 aromatic rings. The van der Waals surface area contributed by atoms with Gasteiger partial charge in [-0.3, -0.25) is 9.69 Å². The van der Waals surface area contributed by atoms with Crippen molar-refractivity contribution in [3.8, 4) is 11.5 Å². The molecular formula is C21H27NO6. The van der Waals surface area contributed by atoms with Crippen molar-refractivity contribution in [3.05, 3.63) is 23.3 Å². The number of ketones is 1. The zero-order chi connectivity index (χ0) is 19.9.